The summed E-state index contributed by atoms with van der Waals surface area (Å²) < 4.78 is 1.04. The summed E-state index contributed by atoms with van der Waals surface area (Å²) in [7, 11) is 0. The molecule has 2 aromatic carbocycles. The zero-order valence-electron chi connectivity index (χ0n) is 15.4. The van der Waals surface area contributed by atoms with Crippen LogP contribution in [-0.4, -0.2) is 23.1 Å². The number of Topliss-reactive ketones (excluding diaryl/α,β-unsaturated/α-hetero) is 1. The summed E-state index contributed by atoms with van der Waals surface area (Å²) in [6.07, 6.45) is 3.73. The monoisotopic (exact) mass is 428 g/mol. The number of aryl methyl sites for hydroxylation is 1. The molecule has 1 unspecified atom stereocenters. The molecule has 0 spiro atoms. The molecule has 27 heavy (non-hydrogen) atoms. The van der Waals surface area contributed by atoms with Crippen LogP contribution in [-0.2, 0) is 16.0 Å². The van der Waals surface area contributed by atoms with Crippen molar-refractivity contribution in [1.29, 1.82) is 0 Å². The minimum atomic E-state index is 0.0779. The molecule has 0 radical (unpaired) electrons. The number of ketones is 1. The van der Waals surface area contributed by atoms with Gasteiger partial charge in [0.2, 0.25) is 5.91 Å². The maximum absolute atomic E-state index is 12.7. The second kappa shape index (κ2) is 9.18. The van der Waals surface area contributed by atoms with E-state index in [-0.39, 0.29) is 17.7 Å². The molecule has 1 heterocycles. The molecule has 1 fully saturated rings. The molecule has 0 saturated carbocycles. The zero-order valence-corrected chi connectivity index (χ0v) is 17.0. The SMILES string of the molecule is Nc1ccc(CCC(=O)CCC(=O)N2CCCC2c2ccccc2Br)cc1. The number of carbonyl (C=O) groups is 2. The van der Waals surface area contributed by atoms with E-state index in [2.05, 4.69) is 22.0 Å². The zero-order chi connectivity index (χ0) is 19.2. The van der Waals surface area contributed by atoms with Gasteiger partial charge in [-0.25, -0.2) is 0 Å². The Kier molecular flexibility index (Phi) is 6.67. The van der Waals surface area contributed by atoms with Crippen LogP contribution in [0.4, 0.5) is 5.69 Å². The summed E-state index contributed by atoms with van der Waals surface area (Å²) in [6.45, 7) is 0.768. The fourth-order valence-electron chi connectivity index (χ4n) is 3.62. The van der Waals surface area contributed by atoms with Crippen molar-refractivity contribution < 1.29 is 9.59 Å². The Bertz CT molecular complexity index is 804. The predicted molar refractivity (Wildman–Crippen MR) is 111 cm³/mol. The molecule has 0 aliphatic carbocycles. The number of anilines is 1. The first-order chi connectivity index (χ1) is 13.0. The van der Waals surface area contributed by atoms with Gasteiger partial charge in [-0.2, -0.15) is 0 Å². The van der Waals surface area contributed by atoms with Crippen molar-refractivity contribution in [3.63, 3.8) is 0 Å². The van der Waals surface area contributed by atoms with Crippen LogP contribution >= 0.6 is 15.9 Å². The molecule has 5 heteroatoms. The van der Waals surface area contributed by atoms with Gasteiger partial charge >= 0.3 is 0 Å². The lowest BCUT2D eigenvalue weighted by Gasteiger charge is -2.26. The second-order valence-electron chi connectivity index (χ2n) is 7.05. The molecular weight excluding hydrogens is 404 g/mol. The van der Waals surface area contributed by atoms with Gasteiger partial charge in [0.25, 0.3) is 0 Å². The summed E-state index contributed by atoms with van der Waals surface area (Å²) in [5.74, 6) is 0.214. The lowest BCUT2D eigenvalue weighted by molar-refractivity contribution is -0.134. The molecule has 142 valence electrons. The largest absolute Gasteiger partial charge is 0.399 e. The topological polar surface area (TPSA) is 63.4 Å². The summed E-state index contributed by atoms with van der Waals surface area (Å²) in [5, 5.41) is 0. The number of carbonyl (C=O) groups excluding carboxylic acids is 2. The van der Waals surface area contributed by atoms with Crippen molar-refractivity contribution in [3.05, 3.63) is 64.1 Å². The summed E-state index contributed by atoms with van der Waals surface area (Å²) >= 11 is 3.59. The van der Waals surface area contributed by atoms with E-state index in [1.807, 2.05) is 47.4 Å². The first-order valence-electron chi connectivity index (χ1n) is 9.44. The number of hydrogen-bond acceptors (Lipinski definition) is 3. The normalized spacial score (nSPS) is 16.5. The number of hydrogen-bond donors (Lipinski definition) is 1. The first-order valence-corrected chi connectivity index (χ1v) is 10.2. The minimum absolute atomic E-state index is 0.0779. The molecule has 2 aromatic rings. The number of benzene rings is 2. The van der Waals surface area contributed by atoms with Crippen LogP contribution in [0.5, 0.6) is 0 Å². The Morgan fingerprint density at radius 2 is 1.78 bits per heavy atom. The molecule has 1 aliphatic heterocycles. The van der Waals surface area contributed by atoms with E-state index in [0.717, 1.165) is 40.7 Å². The number of amides is 1. The molecule has 4 nitrogen and oxygen atoms in total. The fourth-order valence-corrected chi connectivity index (χ4v) is 4.17. The van der Waals surface area contributed by atoms with Crippen LogP contribution in [0.1, 0.15) is 49.3 Å². The Labute approximate surface area is 168 Å². The quantitative estimate of drug-likeness (QED) is 0.651. The maximum Gasteiger partial charge on any atom is 0.223 e. The lowest BCUT2D eigenvalue weighted by Crippen LogP contribution is -2.31. The third-order valence-electron chi connectivity index (χ3n) is 5.13. The number of nitrogen functional groups attached to an aromatic ring is 1. The molecule has 0 aromatic heterocycles. The van der Waals surface area contributed by atoms with Gasteiger partial charge in [0.1, 0.15) is 5.78 Å². The average Bonchev–Trinajstić information content (AvgIpc) is 3.15. The van der Waals surface area contributed by atoms with Crippen molar-refractivity contribution in [1.82, 2.24) is 4.90 Å². The molecule has 1 amide bonds. The number of likely N-dealkylation sites (tertiary alicyclic amines) is 1. The van der Waals surface area contributed by atoms with E-state index >= 15 is 0 Å². The molecule has 1 aliphatic rings. The van der Waals surface area contributed by atoms with Gasteiger partial charge in [-0.05, 0) is 48.6 Å². The van der Waals surface area contributed by atoms with E-state index in [0.29, 0.717) is 25.7 Å². The molecular formula is C22H25BrN2O2. The van der Waals surface area contributed by atoms with Gasteiger partial charge in [-0.3, -0.25) is 9.59 Å². The second-order valence-corrected chi connectivity index (χ2v) is 7.90. The highest BCUT2D eigenvalue weighted by molar-refractivity contribution is 9.10. The number of nitrogens with zero attached hydrogens (tertiary/aromatic N) is 1. The highest BCUT2D eigenvalue weighted by Crippen LogP contribution is 2.36. The van der Waals surface area contributed by atoms with Gasteiger partial charge in [0, 0.05) is 36.0 Å². The highest BCUT2D eigenvalue weighted by atomic mass is 79.9. The van der Waals surface area contributed by atoms with E-state index in [1.54, 1.807) is 0 Å². The fraction of sp³-hybridized carbons (Fsp3) is 0.364. The van der Waals surface area contributed by atoms with Gasteiger partial charge < -0.3 is 10.6 Å². The van der Waals surface area contributed by atoms with Gasteiger partial charge in [-0.1, -0.05) is 46.3 Å². The predicted octanol–water partition coefficient (Wildman–Crippen LogP) is 4.68. The van der Waals surface area contributed by atoms with Crippen molar-refractivity contribution in [3.8, 4) is 0 Å². The van der Waals surface area contributed by atoms with Crippen LogP contribution in [0.15, 0.2) is 53.0 Å². The number of halogens is 1. The summed E-state index contributed by atoms with van der Waals surface area (Å²) in [5.41, 5.74) is 8.64. The van der Waals surface area contributed by atoms with Crippen LogP contribution in [0.2, 0.25) is 0 Å². The minimum Gasteiger partial charge on any atom is -0.399 e. The van der Waals surface area contributed by atoms with E-state index in [1.165, 1.54) is 0 Å². The highest BCUT2D eigenvalue weighted by Gasteiger charge is 2.30. The van der Waals surface area contributed by atoms with Crippen molar-refractivity contribution in [2.45, 2.75) is 44.6 Å². The van der Waals surface area contributed by atoms with Crippen LogP contribution in [0.3, 0.4) is 0 Å². The smallest absolute Gasteiger partial charge is 0.223 e. The Morgan fingerprint density at radius 3 is 2.52 bits per heavy atom. The third-order valence-corrected chi connectivity index (χ3v) is 5.85. The van der Waals surface area contributed by atoms with Gasteiger partial charge in [0.05, 0.1) is 6.04 Å². The number of rotatable bonds is 7. The lowest BCUT2D eigenvalue weighted by atomic mass is 10.0. The molecule has 2 N–H and O–H groups in total. The summed E-state index contributed by atoms with van der Waals surface area (Å²) in [4.78, 5) is 26.8. The van der Waals surface area contributed by atoms with E-state index < -0.39 is 0 Å². The standard InChI is InChI=1S/C22H25BrN2O2/c23-20-5-2-1-4-19(20)21-6-3-15-25(21)22(27)14-13-18(26)12-9-16-7-10-17(24)11-8-16/h1-2,4-5,7-8,10-11,21H,3,6,9,12-15,24H2. The van der Waals surface area contributed by atoms with Crippen molar-refractivity contribution in [2.24, 2.45) is 0 Å². The Balaban J connectivity index is 1.50. The van der Waals surface area contributed by atoms with Gasteiger partial charge in [-0.15, -0.1) is 0 Å². The van der Waals surface area contributed by atoms with Crippen molar-refractivity contribution >= 4 is 33.3 Å². The molecule has 1 saturated heterocycles. The molecule has 0 bridgehead atoms. The summed E-state index contributed by atoms with van der Waals surface area (Å²) in [6, 6.07) is 15.8. The van der Waals surface area contributed by atoms with Gasteiger partial charge in [0.15, 0.2) is 0 Å². The van der Waals surface area contributed by atoms with Crippen LogP contribution in [0, 0.1) is 0 Å². The Morgan fingerprint density at radius 1 is 1.04 bits per heavy atom. The first kappa shape index (κ1) is 19.6. The van der Waals surface area contributed by atoms with Crippen LogP contribution < -0.4 is 5.73 Å². The van der Waals surface area contributed by atoms with Crippen molar-refractivity contribution in [2.75, 3.05) is 12.3 Å². The van der Waals surface area contributed by atoms with Crippen LogP contribution in [0.25, 0.3) is 0 Å². The van der Waals surface area contributed by atoms with E-state index in [9.17, 15) is 9.59 Å². The Hall–Kier alpha value is -2.14. The third kappa shape index (κ3) is 5.19. The number of nitrogens with two attached hydrogens (primary N) is 1. The van der Waals surface area contributed by atoms with E-state index in [4.69, 9.17) is 5.73 Å². The maximum atomic E-state index is 12.7. The molecule has 3 rings (SSSR count). The molecule has 1 atom stereocenters. The average molecular weight is 429 g/mol.